The summed E-state index contributed by atoms with van der Waals surface area (Å²) in [5.41, 5.74) is 8.05. The summed E-state index contributed by atoms with van der Waals surface area (Å²) in [5, 5.41) is 0.800. The minimum absolute atomic E-state index is 0.105. The molecule has 3 rings (SSSR count). The third-order valence-electron chi connectivity index (χ3n) is 4.88. The molecule has 2 N–H and O–H groups in total. The Hall–Kier alpha value is -3.32. The highest BCUT2D eigenvalue weighted by atomic mass is 16.5. The number of amides is 2. The first-order chi connectivity index (χ1) is 14.4. The molecule has 0 aliphatic rings. The fourth-order valence-corrected chi connectivity index (χ4v) is 3.00. The number of para-hydroxylation sites is 1. The molecule has 2 aromatic carbocycles. The van der Waals surface area contributed by atoms with Gasteiger partial charge in [-0.25, -0.2) is 0 Å². The number of ether oxygens (including phenoxy) is 2. The Morgan fingerprint density at radius 2 is 1.83 bits per heavy atom. The average Bonchev–Trinajstić information content (AvgIpc) is 3.12. The number of benzene rings is 2. The molecule has 0 spiro atoms. The zero-order valence-electron chi connectivity index (χ0n) is 17.6. The molecule has 0 saturated carbocycles. The van der Waals surface area contributed by atoms with Crippen LogP contribution in [0.4, 0.5) is 0 Å². The molecule has 2 amide bonds. The summed E-state index contributed by atoms with van der Waals surface area (Å²) in [6.45, 7) is 8.13. The zero-order chi connectivity index (χ0) is 21.7. The summed E-state index contributed by atoms with van der Waals surface area (Å²) in [5.74, 6) is -0.312. The minimum atomic E-state index is -0.802. The van der Waals surface area contributed by atoms with Crippen molar-refractivity contribution in [1.29, 1.82) is 0 Å². The smallest absolute Gasteiger partial charge is 0.305 e. The molecular formula is C23H26N2O5. The predicted octanol–water partition coefficient (Wildman–Crippen LogP) is 3.81. The van der Waals surface area contributed by atoms with Crippen molar-refractivity contribution in [3.8, 4) is 5.75 Å². The summed E-state index contributed by atoms with van der Waals surface area (Å²) >= 11 is 0. The molecule has 0 aliphatic carbocycles. The molecular weight excluding hydrogens is 384 g/mol. The van der Waals surface area contributed by atoms with Crippen molar-refractivity contribution in [1.82, 2.24) is 10.9 Å². The van der Waals surface area contributed by atoms with Crippen LogP contribution < -0.4 is 15.6 Å². The Bertz CT molecular complexity index is 1060. The lowest BCUT2D eigenvalue weighted by Crippen LogP contribution is -2.47. The molecule has 0 aliphatic heterocycles. The van der Waals surface area contributed by atoms with E-state index in [2.05, 4.69) is 10.9 Å². The van der Waals surface area contributed by atoms with Gasteiger partial charge >= 0.3 is 5.91 Å². The highest BCUT2D eigenvalue weighted by molar-refractivity contribution is 5.99. The van der Waals surface area contributed by atoms with Gasteiger partial charge in [0.05, 0.1) is 6.61 Å². The molecule has 0 saturated heterocycles. The molecule has 1 aromatic heterocycles. The number of carbonyl (C=O) groups excluding carboxylic acids is 2. The van der Waals surface area contributed by atoms with Crippen LogP contribution in [-0.4, -0.2) is 24.5 Å². The van der Waals surface area contributed by atoms with E-state index >= 15 is 0 Å². The third kappa shape index (κ3) is 4.63. The monoisotopic (exact) mass is 410 g/mol. The lowest BCUT2D eigenvalue weighted by atomic mass is 10.1. The quantitative estimate of drug-likeness (QED) is 0.578. The van der Waals surface area contributed by atoms with Gasteiger partial charge < -0.3 is 13.9 Å². The van der Waals surface area contributed by atoms with Crippen LogP contribution in [0.1, 0.15) is 41.1 Å². The van der Waals surface area contributed by atoms with Gasteiger partial charge in [-0.1, -0.05) is 30.3 Å². The molecule has 0 fully saturated rings. The third-order valence-corrected chi connectivity index (χ3v) is 4.88. The van der Waals surface area contributed by atoms with E-state index in [-0.39, 0.29) is 12.4 Å². The second-order valence-corrected chi connectivity index (χ2v) is 6.94. The number of fused-ring (bicyclic) bond motifs is 1. The van der Waals surface area contributed by atoms with E-state index in [0.717, 1.165) is 16.5 Å². The van der Waals surface area contributed by atoms with Gasteiger partial charge in [0.2, 0.25) is 0 Å². The van der Waals surface area contributed by atoms with Crippen LogP contribution >= 0.6 is 0 Å². The van der Waals surface area contributed by atoms with Crippen molar-refractivity contribution in [2.45, 2.75) is 40.4 Å². The van der Waals surface area contributed by atoms with Gasteiger partial charge in [-0.05, 0) is 51.0 Å². The largest absolute Gasteiger partial charge is 0.481 e. The number of furan rings is 1. The van der Waals surface area contributed by atoms with E-state index in [0.29, 0.717) is 23.5 Å². The number of carbonyl (C=O) groups is 2. The Morgan fingerprint density at radius 1 is 1.07 bits per heavy atom. The molecule has 7 heteroatoms. The lowest BCUT2D eigenvalue weighted by molar-refractivity contribution is -0.128. The van der Waals surface area contributed by atoms with Crippen LogP contribution in [-0.2, 0) is 16.1 Å². The van der Waals surface area contributed by atoms with E-state index < -0.39 is 17.9 Å². The number of hydrogen-bond donors (Lipinski definition) is 2. The van der Waals surface area contributed by atoms with Gasteiger partial charge in [0.1, 0.15) is 11.3 Å². The van der Waals surface area contributed by atoms with Crippen LogP contribution in [0.3, 0.4) is 0 Å². The molecule has 1 atom stereocenters. The second kappa shape index (κ2) is 9.45. The van der Waals surface area contributed by atoms with Gasteiger partial charge in [0.25, 0.3) is 5.91 Å². The van der Waals surface area contributed by atoms with E-state index in [1.165, 1.54) is 0 Å². The zero-order valence-corrected chi connectivity index (χ0v) is 17.6. The predicted molar refractivity (Wildman–Crippen MR) is 113 cm³/mol. The second-order valence-electron chi connectivity index (χ2n) is 6.94. The maximum atomic E-state index is 12.7. The summed E-state index contributed by atoms with van der Waals surface area (Å²) in [6, 6.07) is 13.0. The van der Waals surface area contributed by atoms with E-state index in [1.807, 2.05) is 51.1 Å². The molecule has 0 unspecified atom stereocenters. The lowest BCUT2D eigenvalue weighted by Gasteiger charge is -2.17. The summed E-state index contributed by atoms with van der Waals surface area (Å²) in [6.07, 6.45) is -0.802. The van der Waals surface area contributed by atoms with Crippen molar-refractivity contribution >= 4 is 22.8 Å². The number of hydrogen-bond acceptors (Lipinski definition) is 5. The summed E-state index contributed by atoms with van der Waals surface area (Å²) in [4.78, 5) is 25.1. The molecule has 30 heavy (non-hydrogen) atoms. The normalized spacial score (nSPS) is 11.9. The van der Waals surface area contributed by atoms with Crippen molar-refractivity contribution < 1.29 is 23.5 Å². The van der Waals surface area contributed by atoms with Crippen LogP contribution in [0.25, 0.3) is 11.0 Å². The number of rotatable bonds is 7. The summed E-state index contributed by atoms with van der Waals surface area (Å²) in [7, 11) is 0. The fourth-order valence-electron chi connectivity index (χ4n) is 3.00. The van der Waals surface area contributed by atoms with Gasteiger partial charge in [0, 0.05) is 17.6 Å². The SMILES string of the molecule is CCOCc1c(C(=O)NNC(=O)[C@@H](C)Oc2cccc(C)c2C)oc2ccccc12. The van der Waals surface area contributed by atoms with Crippen LogP contribution in [0.5, 0.6) is 5.75 Å². The minimum Gasteiger partial charge on any atom is -0.481 e. The van der Waals surface area contributed by atoms with Gasteiger partial charge in [-0.3, -0.25) is 20.4 Å². The highest BCUT2D eigenvalue weighted by Gasteiger charge is 2.22. The van der Waals surface area contributed by atoms with Crippen molar-refractivity contribution in [3.63, 3.8) is 0 Å². The Labute approximate surface area is 175 Å². The Morgan fingerprint density at radius 3 is 2.60 bits per heavy atom. The maximum absolute atomic E-state index is 12.7. The van der Waals surface area contributed by atoms with Crippen molar-refractivity contribution in [3.05, 3.63) is 64.9 Å². The maximum Gasteiger partial charge on any atom is 0.305 e. The van der Waals surface area contributed by atoms with Crippen molar-refractivity contribution in [2.24, 2.45) is 0 Å². The standard InChI is InChI=1S/C23H26N2O5/c1-5-28-13-18-17-10-6-7-11-20(17)30-21(18)23(27)25-24-22(26)16(4)29-19-12-8-9-14(2)15(19)3/h6-12,16H,5,13H2,1-4H3,(H,24,26)(H,25,27)/t16-/m1/s1. The molecule has 3 aromatic rings. The fraction of sp³-hybridized carbons (Fsp3) is 0.304. The molecule has 7 nitrogen and oxygen atoms in total. The number of nitrogens with one attached hydrogen (secondary N) is 2. The van der Waals surface area contributed by atoms with E-state index in [4.69, 9.17) is 13.9 Å². The first-order valence-electron chi connectivity index (χ1n) is 9.83. The van der Waals surface area contributed by atoms with Crippen LogP contribution in [0.2, 0.25) is 0 Å². The van der Waals surface area contributed by atoms with Crippen LogP contribution in [0.15, 0.2) is 46.9 Å². The number of aryl methyl sites for hydroxylation is 1. The first-order valence-corrected chi connectivity index (χ1v) is 9.83. The molecule has 158 valence electrons. The highest BCUT2D eigenvalue weighted by Crippen LogP contribution is 2.26. The van der Waals surface area contributed by atoms with Gasteiger partial charge in [0.15, 0.2) is 11.9 Å². The summed E-state index contributed by atoms with van der Waals surface area (Å²) < 4.78 is 16.9. The molecule has 1 heterocycles. The van der Waals surface area contributed by atoms with Crippen LogP contribution in [0, 0.1) is 13.8 Å². The van der Waals surface area contributed by atoms with Gasteiger partial charge in [-0.15, -0.1) is 0 Å². The van der Waals surface area contributed by atoms with E-state index in [9.17, 15) is 9.59 Å². The van der Waals surface area contributed by atoms with Gasteiger partial charge in [-0.2, -0.15) is 0 Å². The molecule has 0 bridgehead atoms. The van der Waals surface area contributed by atoms with Crippen molar-refractivity contribution in [2.75, 3.05) is 6.61 Å². The number of hydrazine groups is 1. The Balaban J connectivity index is 1.67. The Kier molecular flexibility index (Phi) is 6.74. The average molecular weight is 410 g/mol. The van der Waals surface area contributed by atoms with E-state index in [1.54, 1.807) is 19.1 Å². The molecule has 0 radical (unpaired) electrons. The first kappa shape index (κ1) is 21.4. The topological polar surface area (TPSA) is 89.8 Å².